The van der Waals surface area contributed by atoms with Gasteiger partial charge in [0.25, 0.3) is 5.56 Å². The van der Waals surface area contributed by atoms with Gasteiger partial charge >= 0.3 is 5.69 Å². The number of aromatic nitrogens is 2. The molecular weight excluding hydrogens is 390 g/mol. The van der Waals surface area contributed by atoms with Gasteiger partial charge in [-0.05, 0) is 31.0 Å². The lowest BCUT2D eigenvalue weighted by atomic mass is 9.76. The number of carbonyl (C=O) groups excluding carboxylic acids is 1. The molecule has 0 bridgehead atoms. The van der Waals surface area contributed by atoms with Crippen LogP contribution in [0.3, 0.4) is 0 Å². The first-order valence-electron chi connectivity index (χ1n) is 7.84. The van der Waals surface area contributed by atoms with E-state index in [2.05, 4.69) is 31.2 Å². The highest BCUT2D eigenvalue weighted by atomic mass is 79.9. The number of anilines is 1. The summed E-state index contributed by atoms with van der Waals surface area (Å²) in [6, 6.07) is 4.87. The van der Waals surface area contributed by atoms with Crippen molar-refractivity contribution in [2.45, 2.75) is 25.2 Å². The maximum absolute atomic E-state index is 12.6. The molecule has 1 aromatic heterocycles. The summed E-state index contributed by atoms with van der Waals surface area (Å²) >= 11 is 3.36. The molecule has 25 heavy (non-hydrogen) atoms. The van der Waals surface area contributed by atoms with Crippen LogP contribution < -0.4 is 16.6 Å². The van der Waals surface area contributed by atoms with Gasteiger partial charge in [0.05, 0.1) is 11.5 Å². The van der Waals surface area contributed by atoms with Gasteiger partial charge in [-0.2, -0.15) is 0 Å². The van der Waals surface area contributed by atoms with E-state index in [0.29, 0.717) is 40.6 Å². The number of carbonyl (C=O) groups is 1. The van der Waals surface area contributed by atoms with Gasteiger partial charge in [-0.25, -0.2) is 4.79 Å². The van der Waals surface area contributed by atoms with Crippen molar-refractivity contribution in [2.75, 3.05) is 5.32 Å². The van der Waals surface area contributed by atoms with Crippen LogP contribution in [-0.2, 0) is 4.79 Å². The van der Waals surface area contributed by atoms with E-state index in [0.717, 1.165) is 0 Å². The second kappa shape index (κ2) is 5.73. The molecule has 0 spiro atoms. The minimum absolute atomic E-state index is 0.0168. The van der Waals surface area contributed by atoms with Crippen LogP contribution in [0.1, 0.15) is 36.3 Å². The molecule has 2 aliphatic rings. The standard InChI is InChI=1S/C17H14BrN3O4/c18-7-4-5-10(22)8(6-7)12-13-9(2-1-3-11(13)23)19-15-14(12)16(24)21-17(25)20-15/h4-6,12,22H,1-3H2,(H3,19,20,21,24,25)/t12-/m1/s1. The highest BCUT2D eigenvalue weighted by Gasteiger charge is 2.38. The molecule has 4 N–H and O–H groups in total. The summed E-state index contributed by atoms with van der Waals surface area (Å²) in [4.78, 5) is 41.6. The van der Waals surface area contributed by atoms with Crippen LogP contribution >= 0.6 is 15.9 Å². The lowest BCUT2D eigenvalue weighted by Crippen LogP contribution is -2.36. The molecule has 0 fully saturated rings. The van der Waals surface area contributed by atoms with Crippen molar-refractivity contribution >= 4 is 27.5 Å². The van der Waals surface area contributed by atoms with Crippen molar-refractivity contribution < 1.29 is 9.90 Å². The molecule has 1 atom stereocenters. The minimum atomic E-state index is -0.739. The molecule has 1 aliphatic carbocycles. The molecule has 1 aliphatic heterocycles. The van der Waals surface area contributed by atoms with Crippen molar-refractivity contribution in [3.63, 3.8) is 0 Å². The summed E-state index contributed by atoms with van der Waals surface area (Å²) in [5.41, 5.74) is 0.624. The summed E-state index contributed by atoms with van der Waals surface area (Å²) in [6.45, 7) is 0. The van der Waals surface area contributed by atoms with E-state index in [1.54, 1.807) is 12.1 Å². The minimum Gasteiger partial charge on any atom is -0.508 e. The molecule has 0 radical (unpaired) electrons. The number of fused-ring (bicyclic) bond motifs is 1. The van der Waals surface area contributed by atoms with E-state index < -0.39 is 17.2 Å². The number of halogens is 1. The summed E-state index contributed by atoms with van der Waals surface area (Å²) in [6.07, 6.45) is 1.73. The SMILES string of the molecule is O=C1CCCC2=C1[C@@H](c1cc(Br)ccc1O)c1c([nH]c(=O)[nH]c1=O)N2. The van der Waals surface area contributed by atoms with Crippen LogP contribution in [0.25, 0.3) is 0 Å². The number of H-pyrrole nitrogens is 2. The van der Waals surface area contributed by atoms with Crippen molar-refractivity contribution in [1.29, 1.82) is 0 Å². The molecule has 2 heterocycles. The van der Waals surface area contributed by atoms with E-state index in [1.165, 1.54) is 6.07 Å². The number of aromatic hydroxyl groups is 1. The lowest BCUT2D eigenvalue weighted by molar-refractivity contribution is -0.116. The van der Waals surface area contributed by atoms with Crippen molar-refractivity contribution in [2.24, 2.45) is 0 Å². The topological polar surface area (TPSA) is 115 Å². The molecule has 8 heteroatoms. The Labute approximate surface area is 149 Å². The van der Waals surface area contributed by atoms with Gasteiger partial charge in [-0.1, -0.05) is 15.9 Å². The van der Waals surface area contributed by atoms with Gasteiger partial charge in [0.1, 0.15) is 11.6 Å². The van der Waals surface area contributed by atoms with Crippen LogP contribution in [0.15, 0.2) is 43.5 Å². The van der Waals surface area contributed by atoms with Crippen LogP contribution in [0, 0.1) is 0 Å². The average molecular weight is 404 g/mol. The largest absolute Gasteiger partial charge is 0.508 e. The smallest absolute Gasteiger partial charge is 0.327 e. The third kappa shape index (κ3) is 2.53. The number of phenolic OH excluding ortho intramolecular Hbond substituents is 1. The Hall–Kier alpha value is -2.61. The summed E-state index contributed by atoms with van der Waals surface area (Å²) in [7, 11) is 0. The quantitative estimate of drug-likeness (QED) is 0.581. The second-order valence-electron chi connectivity index (χ2n) is 6.13. The molecular formula is C17H14BrN3O4. The third-order valence-electron chi connectivity index (χ3n) is 4.59. The molecule has 7 nitrogen and oxygen atoms in total. The fraction of sp³-hybridized carbons (Fsp3) is 0.235. The van der Waals surface area contributed by atoms with Crippen LogP contribution in [-0.4, -0.2) is 20.9 Å². The van der Waals surface area contributed by atoms with Gasteiger partial charge in [-0.3, -0.25) is 19.6 Å². The normalized spacial score (nSPS) is 19.2. The maximum atomic E-state index is 12.6. The number of nitrogens with one attached hydrogen (secondary N) is 3. The van der Waals surface area contributed by atoms with Gasteiger partial charge in [0.2, 0.25) is 0 Å². The van der Waals surface area contributed by atoms with Crippen LogP contribution in [0.5, 0.6) is 5.75 Å². The Kier molecular flexibility index (Phi) is 3.64. The number of benzene rings is 1. The first-order chi connectivity index (χ1) is 12.0. The van der Waals surface area contributed by atoms with Crippen molar-refractivity contribution in [1.82, 2.24) is 9.97 Å². The van der Waals surface area contributed by atoms with Gasteiger partial charge in [-0.15, -0.1) is 0 Å². The van der Waals surface area contributed by atoms with Gasteiger partial charge < -0.3 is 10.4 Å². The van der Waals surface area contributed by atoms with Gasteiger partial charge in [0.15, 0.2) is 5.78 Å². The molecule has 0 saturated heterocycles. The van der Waals surface area contributed by atoms with Gasteiger partial charge in [0, 0.05) is 27.7 Å². The third-order valence-corrected chi connectivity index (χ3v) is 5.08. The molecule has 1 aromatic carbocycles. The molecule has 2 aromatic rings. The van der Waals surface area contributed by atoms with E-state index in [-0.39, 0.29) is 22.9 Å². The number of Topliss-reactive ketones (excluding diaryl/α,β-unsaturated/α-hetero) is 1. The molecule has 128 valence electrons. The van der Waals surface area contributed by atoms with E-state index >= 15 is 0 Å². The van der Waals surface area contributed by atoms with E-state index in [1.807, 2.05) is 0 Å². The predicted molar refractivity (Wildman–Crippen MR) is 94.8 cm³/mol. The average Bonchev–Trinajstić information content (AvgIpc) is 2.55. The molecule has 0 saturated carbocycles. The fourth-order valence-electron chi connectivity index (χ4n) is 3.56. The number of hydrogen-bond acceptors (Lipinski definition) is 5. The zero-order chi connectivity index (χ0) is 17.7. The fourth-order valence-corrected chi connectivity index (χ4v) is 3.94. The Morgan fingerprint density at radius 3 is 2.72 bits per heavy atom. The highest BCUT2D eigenvalue weighted by Crippen LogP contribution is 2.45. The first-order valence-corrected chi connectivity index (χ1v) is 8.63. The highest BCUT2D eigenvalue weighted by molar-refractivity contribution is 9.10. The number of hydrogen-bond donors (Lipinski definition) is 4. The number of aromatic amines is 2. The Morgan fingerprint density at radius 1 is 1.12 bits per heavy atom. The monoisotopic (exact) mass is 403 g/mol. The molecule has 0 amide bonds. The van der Waals surface area contributed by atoms with Crippen LogP contribution in [0.2, 0.25) is 0 Å². The summed E-state index contributed by atoms with van der Waals surface area (Å²) < 4.78 is 0.714. The Bertz CT molecular complexity index is 1050. The Morgan fingerprint density at radius 2 is 1.92 bits per heavy atom. The zero-order valence-corrected chi connectivity index (χ0v) is 14.6. The zero-order valence-electron chi connectivity index (χ0n) is 13.0. The van der Waals surface area contributed by atoms with Crippen molar-refractivity contribution in [3.05, 3.63) is 65.9 Å². The lowest BCUT2D eigenvalue weighted by Gasteiger charge is -2.33. The second-order valence-corrected chi connectivity index (χ2v) is 7.04. The Balaban J connectivity index is 2.07. The molecule has 4 rings (SSSR count). The number of ketones is 1. The summed E-state index contributed by atoms with van der Waals surface area (Å²) in [5.74, 6) is -0.546. The number of phenols is 1. The number of rotatable bonds is 1. The number of allylic oxidation sites excluding steroid dienone is 2. The van der Waals surface area contributed by atoms with Crippen molar-refractivity contribution in [3.8, 4) is 5.75 Å². The van der Waals surface area contributed by atoms with E-state index in [4.69, 9.17) is 0 Å². The van der Waals surface area contributed by atoms with Crippen LogP contribution in [0.4, 0.5) is 5.82 Å². The first kappa shape index (κ1) is 15.9. The predicted octanol–water partition coefficient (Wildman–Crippen LogP) is 2.10. The maximum Gasteiger partial charge on any atom is 0.327 e. The van der Waals surface area contributed by atoms with E-state index in [9.17, 15) is 19.5 Å². The summed E-state index contributed by atoms with van der Waals surface area (Å²) in [5, 5.41) is 13.4. The molecule has 0 unspecified atom stereocenters.